The Hall–Kier alpha value is -3.42. The monoisotopic (exact) mass is 330 g/mol. The number of para-hydroxylation sites is 1. The number of nitrogens with one attached hydrogen (secondary N) is 1. The van der Waals surface area contributed by atoms with Crippen molar-refractivity contribution in [2.24, 2.45) is 0 Å². The summed E-state index contributed by atoms with van der Waals surface area (Å²) in [5.41, 5.74) is 0.258. The fourth-order valence-corrected chi connectivity index (χ4v) is 2.24. The third-order valence-corrected chi connectivity index (χ3v) is 3.36. The largest absolute Gasteiger partial charge is 0.478 e. The fourth-order valence-electron chi connectivity index (χ4n) is 2.24. The number of amides is 1. The van der Waals surface area contributed by atoms with Crippen molar-refractivity contribution in [2.75, 3.05) is 5.32 Å². The molecule has 0 fully saturated rings. The fraction of sp³-hybridized carbons (Fsp3) is 0.0625. The molecule has 0 saturated heterocycles. The SMILES string of the molecule is O=C(Cn1c(=O)oc2ccc(C(=O)O)cc21)Nc1ccccc1F. The summed E-state index contributed by atoms with van der Waals surface area (Å²) in [6.45, 7) is -0.441. The maximum atomic E-state index is 13.5. The van der Waals surface area contributed by atoms with Crippen LogP contribution in [-0.2, 0) is 11.3 Å². The zero-order valence-electron chi connectivity index (χ0n) is 12.2. The molecule has 24 heavy (non-hydrogen) atoms. The Balaban J connectivity index is 1.92. The van der Waals surface area contributed by atoms with Gasteiger partial charge < -0.3 is 14.8 Å². The van der Waals surface area contributed by atoms with Crippen LogP contribution in [0.3, 0.4) is 0 Å². The third-order valence-electron chi connectivity index (χ3n) is 3.36. The molecule has 1 aromatic heterocycles. The number of hydrogen-bond acceptors (Lipinski definition) is 4. The van der Waals surface area contributed by atoms with Gasteiger partial charge in [0, 0.05) is 0 Å². The van der Waals surface area contributed by atoms with Crippen molar-refractivity contribution in [3.63, 3.8) is 0 Å². The smallest absolute Gasteiger partial charge is 0.420 e. The van der Waals surface area contributed by atoms with Gasteiger partial charge in [-0.05, 0) is 30.3 Å². The van der Waals surface area contributed by atoms with Crippen molar-refractivity contribution in [3.8, 4) is 0 Å². The number of aromatic carboxylic acids is 1. The Bertz CT molecular complexity index is 1010. The predicted octanol–water partition coefficient (Wildman–Crippen LogP) is 2.07. The standard InChI is InChI=1S/C16H11FN2O5/c17-10-3-1-2-4-11(10)18-14(20)8-19-12-7-9(15(21)22)5-6-13(12)24-16(19)23/h1-7H,8H2,(H,18,20)(H,21,22). The average molecular weight is 330 g/mol. The van der Waals surface area contributed by atoms with Crippen LogP contribution in [0.2, 0.25) is 0 Å². The van der Waals surface area contributed by atoms with Crippen LogP contribution in [0.4, 0.5) is 10.1 Å². The van der Waals surface area contributed by atoms with E-state index < -0.39 is 30.0 Å². The molecule has 8 heteroatoms. The van der Waals surface area contributed by atoms with E-state index in [4.69, 9.17) is 9.52 Å². The molecule has 3 rings (SSSR count). The second-order valence-electron chi connectivity index (χ2n) is 4.97. The highest BCUT2D eigenvalue weighted by Crippen LogP contribution is 2.16. The lowest BCUT2D eigenvalue weighted by atomic mass is 10.2. The molecule has 122 valence electrons. The van der Waals surface area contributed by atoms with Gasteiger partial charge in [-0.1, -0.05) is 12.1 Å². The lowest BCUT2D eigenvalue weighted by Crippen LogP contribution is -2.25. The van der Waals surface area contributed by atoms with Crippen molar-refractivity contribution < 1.29 is 23.5 Å². The maximum absolute atomic E-state index is 13.5. The molecule has 1 heterocycles. The molecule has 2 aromatic carbocycles. The minimum atomic E-state index is -1.17. The number of hydrogen-bond donors (Lipinski definition) is 2. The van der Waals surface area contributed by atoms with E-state index in [1.807, 2.05) is 0 Å². The number of nitrogens with zero attached hydrogens (tertiary/aromatic N) is 1. The first-order chi connectivity index (χ1) is 11.5. The lowest BCUT2D eigenvalue weighted by Gasteiger charge is -2.06. The molecule has 0 radical (unpaired) electrons. The highest BCUT2D eigenvalue weighted by Gasteiger charge is 2.15. The summed E-state index contributed by atoms with van der Waals surface area (Å²) >= 11 is 0. The number of rotatable bonds is 4. The molecule has 1 amide bonds. The van der Waals surface area contributed by atoms with Gasteiger partial charge in [-0.3, -0.25) is 9.36 Å². The summed E-state index contributed by atoms with van der Waals surface area (Å²) in [6, 6.07) is 9.46. The summed E-state index contributed by atoms with van der Waals surface area (Å²) in [6.07, 6.45) is 0. The summed E-state index contributed by atoms with van der Waals surface area (Å²) in [5.74, 6) is -3.24. The molecule has 0 spiro atoms. The van der Waals surface area contributed by atoms with Gasteiger partial charge in [0.1, 0.15) is 12.4 Å². The molecular formula is C16H11FN2O5. The normalized spacial score (nSPS) is 10.7. The molecule has 7 nitrogen and oxygen atoms in total. The quantitative estimate of drug-likeness (QED) is 0.762. The predicted molar refractivity (Wildman–Crippen MR) is 82.5 cm³/mol. The van der Waals surface area contributed by atoms with Crippen molar-refractivity contribution >= 4 is 28.7 Å². The van der Waals surface area contributed by atoms with E-state index in [1.165, 1.54) is 36.4 Å². The number of benzene rings is 2. The van der Waals surface area contributed by atoms with Crippen LogP contribution >= 0.6 is 0 Å². The molecular weight excluding hydrogens is 319 g/mol. The first-order valence-electron chi connectivity index (χ1n) is 6.87. The number of carbonyl (C=O) groups excluding carboxylic acids is 1. The van der Waals surface area contributed by atoms with Gasteiger partial charge in [-0.15, -0.1) is 0 Å². The Kier molecular flexibility index (Phi) is 3.87. The number of carbonyl (C=O) groups is 2. The van der Waals surface area contributed by atoms with Gasteiger partial charge in [-0.25, -0.2) is 14.0 Å². The Morgan fingerprint density at radius 1 is 1.21 bits per heavy atom. The van der Waals surface area contributed by atoms with Gasteiger partial charge in [0.05, 0.1) is 16.8 Å². The number of anilines is 1. The van der Waals surface area contributed by atoms with Crippen LogP contribution < -0.4 is 11.1 Å². The van der Waals surface area contributed by atoms with Crippen LogP contribution in [0.25, 0.3) is 11.1 Å². The van der Waals surface area contributed by atoms with Crippen molar-refractivity contribution in [2.45, 2.75) is 6.54 Å². The molecule has 0 unspecified atom stereocenters. The first-order valence-corrected chi connectivity index (χ1v) is 6.87. The molecule has 0 bridgehead atoms. The minimum Gasteiger partial charge on any atom is -0.478 e. The van der Waals surface area contributed by atoms with Crippen molar-refractivity contribution in [1.82, 2.24) is 4.57 Å². The van der Waals surface area contributed by atoms with E-state index in [-0.39, 0.29) is 22.4 Å². The van der Waals surface area contributed by atoms with E-state index >= 15 is 0 Å². The summed E-state index contributed by atoms with van der Waals surface area (Å²) < 4.78 is 19.5. The van der Waals surface area contributed by atoms with Crippen LogP contribution in [0.1, 0.15) is 10.4 Å². The Morgan fingerprint density at radius 2 is 1.96 bits per heavy atom. The van der Waals surface area contributed by atoms with E-state index in [2.05, 4.69) is 5.32 Å². The van der Waals surface area contributed by atoms with Gasteiger partial charge in [-0.2, -0.15) is 0 Å². The van der Waals surface area contributed by atoms with E-state index in [1.54, 1.807) is 6.07 Å². The number of carboxylic acids is 1. The molecule has 0 atom stereocenters. The summed E-state index contributed by atoms with van der Waals surface area (Å²) in [5, 5.41) is 11.4. The van der Waals surface area contributed by atoms with Crippen LogP contribution in [0, 0.1) is 5.82 Å². The molecule has 2 N–H and O–H groups in total. The minimum absolute atomic E-state index is 0.0189. The van der Waals surface area contributed by atoms with Crippen LogP contribution in [0.15, 0.2) is 51.7 Å². The highest BCUT2D eigenvalue weighted by atomic mass is 19.1. The number of carboxylic acid groups (broad SMARTS) is 1. The maximum Gasteiger partial charge on any atom is 0.420 e. The van der Waals surface area contributed by atoms with Gasteiger partial charge >= 0.3 is 11.7 Å². The second-order valence-corrected chi connectivity index (χ2v) is 4.97. The topological polar surface area (TPSA) is 102 Å². The Morgan fingerprint density at radius 3 is 2.67 bits per heavy atom. The van der Waals surface area contributed by atoms with Gasteiger partial charge in [0.2, 0.25) is 5.91 Å². The molecule has 3 aromatic rings. The number of aromatic nitrogens is 1. The van der Waals surface area contributed by atoms with Crippen LogP contribution in [-0.4, -0.2) is 21.6 Å². The molecule has 0 aliphatic carbocycles. The van der Waals surface area contributed by atoms with Crippen molar-refractivity contribution in [1.29, 1.82) is 0 Å². The zero-order chi connectivity index (χ0) is 17.3. The van der Waals surface area contributed by atoms with E-state index in [0.29, 0.717) is 0 Å². The third kappa shape index (κ3) is 2.89. The van der Waals surface area contributed by atoms with E-state index in [0.717, 1.165) is 4.57 Å². The summed E-state index contributed by atoms with van der Waals surface area (Å²) in [7, 11) is 0. The number of oxazole rings is 1. The molecule has 0 saturated carbocycles. The molecule has 0 aliphatic heterocycles. The number of halogens is 1. The van der Waals surface area contributed by atoms with Gasteiger partial charge in [0.15, 0.2) is 5.58 Å². The van der Waals surface area contributed by atoms with Gasteiger partial charge in [0.25, 0.3) is 0 Å². The Labute approximate surface area is 133 Å². The van der Waals surface area contributed by atoms with Crippen LogP contribution in [0.5, 0.6) is 0 Å². The average Bonchev–Trinajstić information content (AvgIpc) is 2.85. The summed E-state index contributed by atoms with van der Waals surface area (Å²) in [4.78, 5) is 34.9. The zero-order valence-corrected chi connectivity index (χ0v) is 12.2. The van der Waals surface area contributed by atoms with Crippen molar-refractivity contribution in [3.05, 3.63) is 64.4 Å². The highest BCUT2D eigenvalue weighted by molar-refractivity contribution is 5.93. The van der Waals surface area contributed by atoms with E-state index in [9.17, 15) is 18.8 Å². The molecule has 0 aliphatic rings. The second kappa shape index (κ2) is 5.99. The first kappa shape index (κ1) is 15.5. The number of fused-ring (bicyclic) bond motifs is 1. The lowest BCUT2D eigenvalue weighted by molar-refractivity contribution is -0.116.